The first-order valence-corrected chi connectivity index (χ1v) is 10.4. The van der Waals surface area contributed by atoms with Crippen LogP contribution < -0.4 is 5.43 Å². The number of sulfonamides is 1. The van der Waals surface area contributed by atoms with Crippen molar-refractivity contribution in [1.82, 2.24) is 4.31 Å². The fraction of sp³-hybridized carbons (Fsp3) is 0.235. The maximum atomic E-state index is 12.9. The van der Waals surface area contributed by atoms with E-state index in [0.29, 0.717) is 0 Å². The first-order valence-electron chi connectivity index (χ1n) is 8.12. The molecular formula is C17H19BrN4O4S. The van der Waals surface area contributed by atoms with Crippen LogP contribution in [0.4, 0.5) is 11.4 Å². The zero-order valence-corrected chi connectivity index (χ0v) is 17.2. The Bertz CT molecular complexity index is 942. The van der Waals surface area contributed by atoms with Gasteiger partial charge in [0.2, 0.25) is 10.0 Å². The van der Waals surface area contributed by atoms with Gasteiger partial charge in [0.1, 0.15) is 4.90 Å². The van der Waals surface area contributed by atoms with Crippen LogP contribution >= 0.6 is 15.9 Å². The fourth-order valence-electron chi connectivity index (χ4n) is 2.36. The van der Waals surface area contributed by atoms with Gasteiger partial charge < -0.3 is 0 Å². The Labute approximate surface area is 166 Å². The van der Waals surface area contributed by atoms with Crippen molar-refractivity contribution in [2.45, 2.75) is 18.7 Å². The van der Waals surface area contributed by atoms with E-state index in [1.54, 1.807) is 13.8 Å². The summed E-state index contributed by atoms with van der Waals surface area (Å²) in [4.78, 5) is 10.3. The van der Waals surface area contributed by atoms with Gasteiger partial charge in [0.05, 0.1) is 16.8 Å². The summed E-state index contributed by atoms with van der Waals surface area (Å²) >= 11 is 3.34. The summed E-state index contributed by atoms with van der Waals surface area (Å²) in [6.07, 6.45) is 1.53. The molecule has 1 N–H and O–H groups in total. The maximum absolute atomic E-state index is 12.9. The molecule has 10 heteroatoms. The molecule has 0 aliphatic carbocycles. The van der Waals surface area contributed by atoms with Crippen LogP contribution in [0.3, 0.4) is 0 Å². The highest BCUT2D eigenvalue weighted by molar-refractivity contribution is 9.10. The number of nitro benzene ring substituents is 1. The first-order chi connectivity index (χ1) is 12.8. The molecule has 144 valence electrons. The van der Waals surface area contributed by atoms with E-state index in [2.05, 4.69) is 26.5 Å². The van der Waals surface area contributed by atoms with E-state index in [9.17, 15) is 18.5 Å². The largest absolute Gasteiger partial charge is 0.277 e. The molecule has 0 spiro atoms. The zero-order chi connectivity index (χ0) is 20.0. The second kappa shape index (κ2) is 9.07. The van der Waals surface area contributed by atoms with Gasteiger partial charge in [-0.15, -0.1) is 0 Å². The minimum absolute atomic E-state index is 0.167. The van der Waals surface area contributed by atoms with Crippen molar-refractivity contribution >= 4 is 43.5 Å². The lowest BCUT2D eigenvalue weighted by molar-refractivity contribution is -0.385. The predicted octanol–water partition coefficient (Wildman–Crippen LogP) is 3.83. The molecule has 8 nitrogen and oxygen atoms in total. The van der Waals surface area contributed by atoms with E-state index in [-0.39, 0.29) is 29.4 Å². The summed E-state index contributed by atoms with van der Waals surface area (Å²) in [7, 11) is -3.90. The number of rotatable bonds is 8. The molecule has 0 aromatic heterocycles. The third kappa shape index (κ3) is 5.12. The second-order valence-electron chi connectivity index (χ2n) is 5.45. The number of nitrogens with zero attached hydrogens (tertiary/aromatic N) is 3. The third-order valence-corrected chi connectivity index (χ3v) is 6.39. The molecule has 0 bridgehead atoms. The summed E-state index contributed by atoms with van der Waals surface area (Å²) in [5.41, 5.74) is 3.35. The van der Waals surface area contributed by atoms with Gasteiger partial charge in [0.25, 0.3) is 5.69 Å². The minimum Gasteiger partial charge on any atom is -0.277 e. The molecule has 0 aliphatic rings. The van der Waals surface area contributed by atoms with Gasteiger partial charge in [-0.2, -0.15) is 9.41 Å². The predicted molar refractivity (Wildman–Crippen MR) is 109 cm³/mol. The van der Waals surface area contributed by atoms with Crippen molar-refractivity contribution in [3.05, 3.63) is 62.6 Å². The number of nitrogens with one attached hydrogen (secondary N) is 1. The summed E-state index contributed by atoms with van der Waals surface area (Å²) in [6, 6.07) is 11.0. The number of nitro groups is 1. The summed E-state index contributed by atoms with van der Waals surface area (Å²) < 4.78 is 27.9. The van der Waals surface area contributed by atoms with E-state index in [1.807, 2.05) is 24.3 Å². The molecular weight excluding hydrogens is 436 g/mol. The van der Waals surface area contributed by atoms with Gasteiger partial charge in [-0.1, -0.05) is 41.9 Å². The number of non-ortho nitro benzene ring substituents is 1. The van der Waals surface area contributed by atoms with Crippen LogP contribution in [0.15, 0.2) is 56.9 Å². The highest BCUT2D eigenvalue weighted by atomic mass is 79.9. The molecule has 2 rings (SSSR count). The van der Waals surface area contributed by atoms with Crippen LogP contribution in [0.1, 0.15) is 19.4 Å². The van der Waals surface area contributed by atoms with Gasteiger partial charge in [-0.3, -0.25) is 15.5 Å². The summed E-state index contributed by atoms with van der Waals surface area (Å²) in [5, 5.41) is 15.1. The second-order valence-corrected chi connectivity index (χ2v) is 8.27. The lowest BCUT2D eigenvalue weighted by Crippen LogP contribution is -2.31. The minimum atomic E-state index is -3.90. The van der Waals surface area contributed by atoms with E-state index >= 15 is 0 Å². The first kappa shape index (κ1) is 21.0. The van der Waals surface area contributed by atoms with Crippen LogP contribution in [-0.4, -0.2) is 37.0 Å². The molecule has 0 saturated carbocycles. The molecule has 0 unspecified atom stereocenters. The van der Waals surface area contributed by atoms with Crippen molar-refractivity contribution in [1.29, 1.82) is 0 Å². The van der Waals surface area contributed by atoms with Crippen molar-refractivity contribution in [2.75, 3.05) is 18.5 Å². The lowest BCUT2D eigenvalue weighted by atomic mass is 10.2. The number of halogens is 1. The van der Waals surface area contributed by atoms with Gasteiger partial charge >= 0.3 is 0 Å². The van der Waals surface area contributed by atoms with Crippen LogP contribution in [0, 0.1) is 10.1 Å². The molecule has 0 atom stereocenters. The van der Waals surface area contributed by atoms with Gasteiger partial charge in [-0.05, 0) is 23.8 Å². The number of anilines is 1. The van der Waals surface area contributed by atoms with Crippen molar-refractivity contribution in [3.8, 4) is 0 Å². The number of hydrogen-bond acceptors (Lipinski definition) is 6. The van der Waals surface area contributed by atoms with E-state index < -0.39 is 14.9 Å². The third-order valence-electron chi connectivity index (χ3n) is 3.77. The highest BCUT2D eigenvalue weighted by Gasteiger charge is 2.27. The van der Waals surface area contributed by atoms with Gasteiger partial charge in [-0.25, -0.2) is 8.42 Å². The van der Waals surface area contributed by atoms with Crippen molar-refractivity contribution in [3.63, 3.8) is 0 Å². The smallest absolute Gasteiger partial charge is 0.270 e. The van der Waals surface area contributed by atoms with Crippen LogP contribution in [0.2, 0.25) is 0 Å². The highest BCUT2D eigenvalue weighted by Crippen LogP contribution is 2.29. The molecule has 0 saturated heterocycles. The Kier molecular flexibility index (Phi) is 7.05. The van der Waals surface area contributed by atoms with Crippen LogP contribution in [0.25, 0.3) is 0 Å². The molecule has 0 heterocycles. The fourth-order valence-corrected chi connectivity index (χ4v) is 4.24. The van der Waals surface area contributed by atoms with Gasteiger partial charge in [0.15, 0.2) is 0 Å². The summed E-state index contributed by atoms with van der Waals surface area (Å²) in [6.45, 7) is 3.92. The molecule has 0 radical (unpaired) electrons. The maximum Gasteiger partial charge on any atom is 0.270 e. The normalized spacial score (nSPS) is 11.9. The SMILES string of the molecule is CCN(CC)S(=O)(=O)c1cc([N+](=O)[O-])ccc1NN=Cc1ccc(Br)cc1. The average Bonchev–Trinajstić information content (AvgIpc) is 2.64. The van der Waals surface area contributed by atoms with E-state index in [4.69, 9.17) is 0 Å². The van der Waals surface area contributed by atoms with Crippen molar-refractivity contribution < 1.29 is 13.3 Å². The standard InChI is InChI=1S/C17H19BrN4O4S/c1-3-21(4-2)27(25,26)17-11-15(22(23)24)9-10-16(17)20-19-12-13-5-7-14(18)8-6-13/h5-12,20H,3-4H2,1-2H3. The molecule has 27 heavy (non-hydrogen) atoms. The van der Waals surface area contributed by atoms with E-state index in [0.717, 1.165) is 16.1 Å². The topological polar surface area (TPSA) is 105 Å². The quantitative estimate of drug-likeness (QED) is 0.370. The Morgan fingerprint density at radius 3 is 2.37 bits per heavy atom. The molecule has 2 aromatic carbocycles. The Morgan fingerprint density at radius 1 is 1.19 bits per heavy atom. The van der Waals surface area contributed by atoms with Gasteiger partial charge in [0, 0.05) is 29.7 Å². The Balaban J connectivity index is 2.40. The van der Waals surface area contributed by atoms with E-state index in [1.165, 1.54) is 22.7 Å². The number of hydrogen-bond donors (Lipinski definition) is 1. The molecule has 0 aliphatic heterocycles. The lowest BCUT2D eigenvalue weighted by Gasteiger charge is -2.20. The zero-order valence-electron chi connectivity index (χ0n) is 14.8. The number of benzene rings is 2. The summed E-state index contributed by atoms with van der Waals surface area (Å²) in [5.74, 6) is 0. The molecule has 2 aromatic rings. The molecule has 0 amide bonds. The number of hydrazone groups is 1. The Hall–Kier alpha value is -2.30. The monoisotopic (exact) mass is 454 g/mol. The van der Waals surface area contributed by atoms with Crippen LogP contribution in [-0.2, 0) is 10.0 Å². The van der Waals surface area contributed by atoms with Crippen LogP contribution in [0.5, 0.6) is 0 Å². The van der Waals surface area contributed by atoms with Crippen molar-refractivity contribution in [2.24, 2.45) is 5.10 Å². The average molecular weight is 455 g/mol. The Morgan fingerprint density at radius 2 is 1.81 bits per heavy atom. The molecule has 0 fully saturated rings.